The predicted octanol–water partition coefficient (Wildman–Crippen LogP) is 7.00. The van der Waals surface area contributed by atoms with Crippen LogP contribution in [-0.4, -0.2) is 28.1 Å². The van der Waals surface area contributed by atoms with Crippen LogP contribution < -0.4 is 0 Å². The number of allylic oxidation sites excluding steroid dienone is 8. The summed E-state index contributed by atoms with van der Waals surface area (Å²) in [6.45, 7) is 2.14. The van der Waals surface area contributed by atoms with Crippen LogP contribution in [0.4, 0.5) is 0 Å². The van der Waals surface area contributed by atoms with E-state index in [0.29, 0.717) is 6.42 Å². The molecule has 0 aromatic heterocycles. The third-order valence-electron chi connectivity index (χ3n) is 5.03. The van der Waals surface area contributed by atoms with Gasteiger partial charge in [-0.05, 0) is 70.4 Å². The van der Waals surface area contributed by atoms with Gasteiger partial charge < -0.3 is 4.74 Å². The lowest BCUT2D eigenvalue weighted by Crippen LogP contribution is -2.07. The maximum atomic E-state index is 12.1. The molecule has 0 amide bonds. The second kappa shape index (κ2) is 18.9. The van der Waals surface area contributed by atoms with Crippen molar-refractivity contribution in [2.24, 2.45) is 0 Å². The van der Waals surface area contributed by atoms with Gasteiger partial charge in [0, 0.05) is 6.42 Å². The molecule has 6 heteroatoms. The molecule has 0 radical (unpaired) electrons. The minimum Gasteiger partial charge on any atom is -0.469 e. The number of methoxy groups -OCH3 is 1. The number of rotatable bonds is 18. The molecule has 0 fully saturated rings. The van der Waals surface area contributed by atoms with Crippen molar-refractivity contribution in [1.29, 1.82) is 0 Å². The average molecular weight is 489 g/mol. The zero-order valence-electron chi connectivity index (χ0n) is 20.7. The molecule has 0 N–H and O–H groups in total. The second-order valence-electron chi connectivity index (χ2n) is 8.00. The molecule has 0 unspecified atom stereocenters. The van der Waals surface area contributed by atoms with Crippen LogP contribution in [0.3, 0.4) is 0 Å². The highest BCUT2D eigenvalue weighted by Gasteiger charge is 2.14. The van der Waals surface area contributed by atoms with Crippen LogP contribution in [-0.2, 0) is 23.8 Å². The Balaban J connectivity index is 1.97. The molecule has 1 aromatic rings. The Labute approximate surface area is 206 Å². The molecule has 0 spiro atoms. The number of aryl methyl sites for hydroxylation is 1. The average Bonchev–Trinajstić information content (AvgIpc) is 2.82. The first-order valence-corrected chi connectivity index (χ1v) is 13.5. The van der Waals surface area contributed by atoms with Crippen molar-refractivity contribution in [3.63, 3.8) is 0 Å². The van der Waals surface area contributed by atoms with E-state index in [0.717, 1.165) is 63.4 Å². The van der Waals surface area contributed by atoms with Gasteiger partial charge in [0.1, 0.15) is 0 Å². The Morgan fingerprint density at radius 3 is 1.85 bits per heavy atom. The highest BCUT2D eigenvalue weighted by molar-refractivity contribution is 7.86. The Kier molecular flexibility index (Phi) is 16.5. The molecule has 0 heterocycles. The van der Waals surface area contributed by atoms with Crippen LogP contribution in [0.1, 0.15) is 69.8 Å². The quantitative estimate of drug-likeness (QED) is 0.0963. The second-order valence-corrected chi connectivity index (χ2v) is 9.61. The number of ether oxygens (including phenoxy) is 1. The summed E-state index contributed by atoms with van der Waals surface area (Å²) in [6.07, 6.45) is 25.8. The molecule has 1 aromatic carbocycles. The van der Waals surface area contributed by atoms with E-state index in [-0.39, 0.29) is 17.5 Å². The smallest absolute Gasteiger partial charge is 0.305 e. The Hall–Kier alpha value is -2.44. The number of unbranched alkanes of at least 4 members (excludes halogenated alkanes) is 4. The van der Waals surface area contributed by atoms with E-state index >= 15 is 0 Å². The summed E-state index contributed by atoms with van der Waals surface area (Å²) in [6, 6.07) is 6.70. The minimum absolute atomic E-state index is 0.148. The van der Waals surface area contributed by atoms with Gasteiger partial charge in [0.2, 0.25) is 0 Å². The predicted molar refractivity (Wildman–Crippen MR) is 139 cm³/mol. The topological polar surface area (TPSA) is 69.7 Å². The number of hydrogen-bond donors (Lipinski definition) is 0. The monoisotopic (exact) mass is 488 g/mol. The maximum Gasteiger partial charge on any atom is 0.305 e. The Morgan fingerprint density at radius 1 is 0.765 bits per heavy atom. The summed E-state index contributed by atoms with van der Waals surface area (Å²) in [5, 5.41) is 0. The van der Waals surface area contributed by atoms with Crippen LogP contribution in [0.15, 0.2) is 77.8 Å². The first-order chi connectivity index (χ1) is 16.5. The number of carbonyl (C=O) groups excluding carboxylic acids is 1. The summed E-state index contributed by atoms with van der Waals surface area (Å²) >= 11 is 0. The van der Waals surface area contributed by atoms with Gasteiger partial charge >= 0.3 is 5.97 Å². The summed E-state index contributed by atoms with van der Waals surface area (Å²) in [4.78, 5) is 11.2. The lowest BCUT2D eigenvalue weighted by atomic mass is 10.2. The van der Waals surface area contributed by atoms with Gasteiger partial charge in [-0.3, -0.25) is 8.98 Å². The van der Waals surface area contributed by atoms with Gasteiger partial charge in [-0.25, -0.2) is 0 Å². The molecular formula is C28H40O5S. The number of hydrogen-bond acceptors (Lipinski definition) is 5. The summed E-state index contributed by atoms with van der Waals surface area (Å²) < 4.78 is 33.9. The van der Waals surface area contributed by atoms with Crippen molar-refractivity contribution < 1.29 is 22.1 Å². The SMILES string of the molecule is COC(=O)CCCC=CCC=CCC=CCC=CCCCCCOS(=O)(=O)c1ccc(C)cc1. The molecule has 0 aliphatic carbocycles. The highest BCUT2D eigenvalue weighted by atomic mass is 32.2. The molecule has 5 nitrogen and oxygen atoms in total. The third-order valence-corrected chi connectivity index (χ3v) is 6.35. The van der Waals surface area contributed by atoms with E-state index in [1.807, 2.05) is 6.92 Å². The van der Waals surface area contributed by atoms with Crippen LogP contribution in [0.5, 0.6) is 0 Å². The fourth-order valence-corrected chi connectivity index (χ4v) is 3.94. The van der Waals surface area contributed by atoms with Crippen LogP contribution >= 0.6 is 0 Å². The standard InChI is InChI=1S/C28H40O5S/c1-26-21-23-27(24-22-26)34(30,31)33-25-19-17-15-13-11-9-7-5-3-4-6-8-10-12-14-16-18-20-28(29)32-2/h3,5-6,8-9,11-12,14,21-24H,4,7,10,13,15-20,25H2,1-2H3. The molecule has 0 saturated heterocycles. The van der Waals surface area contributed by atoms with Gasteiger partial charge in [0.15, 0.2) is 0 Å². The van der Waals surface area contributed by atoms with Gasteiger partial charge in [0.25, 0.3) is 10.1 Å². The molecule has 0 bridgehead atoms. The van der Waals surface area contributed by atoms with Crippen molar-refractivity contribution in [2.75, 3.05) is 13.7 Å². The fraction of sp³-hybridized carbons (Fsp3) is 0.464. The molecular weight excluding hydrogens is 448 g/mol. The Bertz CT molecular complexity index is 893. The molecule has 0 saturated carbocycles. The van der Waals surface area contributed by atoms with Crippen molar-refractivity contribution in [1.82, 2.24) is 0 Å². The molecule has 34 heavy (non-hydrogen) atoms. The van der Waals surface area contributed by atoms with Gasteiger partial charge in [-0.2, -0.15) is 8.42 Å². The first kappa shape index (κ1) is 29.6. The van der Waals surface area contributed by atoms with E-state index in [9.17, 15) is 13.2 Å². The lowest BCUT2D eigenvalue weighted by Gasteiger charge is -2.05. The van der Waals surface area contributed by atoms with Gasteiger partial charge in [-0.15, -0.1) is 0 Å². The van der Waals surface area contributed by atoms with E-state index in [1.54, 1.807) is 24.3 Å². The van der Waals surface area contributed by atoms with Crippen LogP contribution in [0.2, 0.25) is 0 Å². The maximum absolute atomic E-state index is 12.1. The van der Waals surface area contributed by atoms with E-state index in [4.69, 9.17) is 4.18 Å². The molecule has 188 valence electrons. The van der Waals surface area contributed by atoms with Gasteiger partial charge in [0.05, 0.1) is 18.6 Å². The zero-order chi connectivity index (χ0) is 24.9. The van der Waals surface area contributed by atoms with Crippen molar-refractivity contribution in [2.45, 2.75) is 76.0 Å². The lowest BCUT2D eigenvalue weighted by molar-refractivity contribution is -0.140. The highest BCUT2D eigenvalue weighted by Crippen LogP contribution is 2.14. The Morgan fingerprint density at radius 2 is 1.29 bits per heavy atom. The molecule has 0 aliphatic rings. The zero-order valence-corrected chi connectivity index (χ0v) is 21.5. The van der Waals surface area contributed by atoms with Crippen molar-refractivity contribution >= 4 is 16.1 Å². The molecule has 0 atom stereocenters. The first-order valence-electron chi connectivity index (χ1n) is 12.1. The van der Waals surface area contributed by atoms with E-state index in [1.165, 1.54) is 7.11 Å². The van der Waals surface area contributed by atoms with Crippen LogP contribution in [0, 0.1) is 6.92 Å². The minimum atomic E-state index is -3.65. The normalized spacial score (nSPS) is 12.5. The number of esters is 1. The van der Waals surface area contributed by atoms with Crippen LogP contribution in [0.25, 0.3) is 0 Å². The van der Waals surface area contributed by atoms with E-state index in [2.05, 4.69) is 53.3 Å². The van der Waals surface area contributed by atoms with Crippen molar-refractivity contribution in [3.05, 3.63) is 78.4 Å². The number of carbonyl (C=O) groups is 1. The fourth-order valence-electron chi connectivity index (χ4n) is 3.00. The van der Waals surface area contributed by atoms with Gasteiger partial charge in [-0.1, -0.05) is 72.7 Å². The summed E-state index contributed by atoms with van der Waals surface area (Å²) in [5.74, 6) is -0.148. The third kappa shape index (κ3) is 15.4. The van der Waals surface area contributed by atoms with E-state index < -0.39 is 10.1 Å². The molecule has 0 aliphatic heterocycles. The largest absolute Gasteiger partial charge is 0.469 e. The van der Waals surface area contributed by atoms with Crippen molar-refractivity contribution in [3.8, 4) is 0 Å². The number of benzene rings is 1. The summed E-state index contributed by atoms with van der Waals surface area (Å²) in [5.41, 5.74) is 1.02. The molecule has 1 rings (SSSR count). The summed E-state index contributed by atoms with van der Waals surface area (Å²) in [7, 11) is -2.23.